The van der Waals surface area contributed by atoms with E-state index in [1.807, 2.05) is 0 Å². The van der Waals surface area contributed by atoms with E-state index in [4.69, 9.17) is 5.73 Å². The molecular weight excluding hydrogens is 355 g/mol. The second kappa shape index (κ2) is 8.01. The summed E-state index contributed by atoms with van der Waals surface area (Å²) < 4.78 is 0. The van der Waals surface area contributed by atoms with Gasteiger partial charge >= 0.3 is 0 Å². The molecule has 0 saturated heterocycles. The standard InChI is InChI=1S/C9H10N4O2S.HI/c1-16-9(10)12-11-6-7-3-2-4-8(5-7)13(14)15;/h2-6H,1H3,(H2,10,12);1H. The van der Waals surface area contributed by atoms with Crippen molar-refractivity contribution in [1.29, 1.82) is 0 Å². The summed E-state index contributed by atoms with van der Waals surface area (Å²) in [6, 6.07) is 6.10. The number of hydrogen-bond acceptors (Lipinski definition) is 5. The lowest BCUT2D eigenvalue weighted by Gasteiger charge is -1.92. The van der Waals surface area contributed by atoms with E-state index >= 15 is 0 Å². The minimum Gasteiger partial charge on any atom is -0.377 e. The van der Waals surface area contributed by atoms with E-state index in [-0.39, 0.29) is 29.7 Å². The molecular formula is C9H11IN4O2S. The third-order valence-corrected chi connectivity index (χ3v) is 2.15. The lowest BCUT2D eigenvalue weighted by atomic mass is 10.2. The SMILES string of the molecule is CSC(N)=NN=Cc1cccc([N+](=O)[O-])c1.I. The van der Waals surface area contributed by atoms with Crippen molar-refractivity contribution in [2.24, 2.45) is 15.9 Å². The van der Waals surface area contributed by atoms with E-state index in [9.17, 15) is 10.1 Å². The summed E-state index contributed by atoms with van der Waals surface area (Å²) in [5.74, 6) is 0. The molecule has 6 nitrogen and oxygen atoms in total. The van der Waals surface area contributed by atoms with Crippen molar-refractivity contribution < 1.29 is 4.92 Å². The molecule has 92 valence electrons. The van der Waals surface area contributed by atoms with Gasteiger partial charge < -0.3 is 5.73 Å². The molecule has 0 radical (unpaired) electrons. The largest absolute Gasteiger partial charge is 0.377 e. The molecule has 1 aromatic rings. The Morgan fingerprint density at radius 3 is 2.88 bits per heavy atom. The van der Waals surface area contributed by atoms with Gasteiger partial charge in [0.15, 0.2) is 5.17 Å². The molecule has 0 fully saturated rings. The van der Waals surface area contributed by atoms with E-state index in [0.717, 1.165) is 0 Å². The van der Waals surface area contributed by atoms with Gasteiger partial charge in [0.2, 0.25) is 0 Å². The molecule has 0 amide bonds. The second-order valence-corrected chi connectivity index (χ2v) is 3.57. The van der Waals surface area contributed by atoms with Crippen molar-refractivity contribution in [3.05, 3.63) is 39.9 Å². The number of nitro benzene ring substituents is 1. The third-order valence-electron chi connectivity index (χ3n) is 1.65. The van der Waals surface area contributed by atoms with Gasteiger partial charge in [0, 0.05) is 17.7 Å². The Kier molecular flexibility index (Phi) is 7.46. The quantitative estimate of drug-likeness (QED) is 0.292. The van der Waals surface area contributed by atoms with Crippen molar-refractivity contribution in [3.63, 3.8) is 0 Å². The first kappa shape index (κ1) is 15.8. The number of thioether (sulfide) groups is 1. The number of amidine groups is 1. The molecule has 8 heteroatoms. The fourth-order valence-corrected chi connectivity index (χ4v) is 1.04. The summed E-state index contributed by atoms with van der Waals surface area (Å²) in [6.07, 6.45) is 3.19. The molecule has 0 aromatic heterocycles. The smallest absolute Gasteiger partial charge is 0.270 e. The summed E-state index contributed by atoms with van der Waals surface area (Å²) in [4.78, 5) is 10.0. The average molecular weight is 366 g/mol. The topological polar surface area (TPSA) is 93.9 Å². The van der Waals surface area contributed by atoms with Crippen LogP contribution in [0.1, 0.15) is 5.56 Å². The van der Waals surface area contributed by atoms with E-state index in [0.29, 0.717) is 10.7 Å². The number of hydrogen-bond donors (Lipinski definition) is 1. The molecule has 0 aliphatic rings. The minimum absolute atomic E-state index is 0. The second-order valence-electron chi connectivity index (χ2n) is 2.74. The van der Waals surface area contributed by atoms with Crippen molar-refractivity contribution in [1.82, 2.24) is 0 Å². The van der Waals surface area contributed by atoms with Crippen molar-refractivity contribution in [2.45, 2.75) is 0 Å². The lowest BCUT2D eigenvalue weighted by Crippen LogP contribution is -2.03. The predicted octanol–water partition coefficient (Wildman–Crippen LogP) is 2.22. The van der Waals surface area contributed by atoms with Gasteiger partial charge in [0.05, 0.1) is 11.1 Å². The molecule has 0 aliphatic carbocycles. The highest BCUT2D eigenvalue weighted by Crippen LogP contribution is 2.11. The Balaban J connectivity index is 0.00000256. The van der Waals surface area contributed by atoms with E-state index < -0.39 is 4.92 Å². The van der Waals surface area contributed by atoms with Crippen LogP contribution in [0.4, 0.5) is 5.69 Å². The first-order chi connectivity index (χ1) is 7.63. The Morgan fingerprint density at radius 1 is 1.59 bits per heavy atom. The highest BCUT2D eigenvalue weighted by molar-refractivity contribution is 14.0. The Bertz CT molecular complexity index is 450. The number of nitro groups is 1. The molecule has 0 aliphatic heterocycles. The van der Waals surface area contributed by atoms with Crippen molar-refractivity contribution >= 4 is 52.8 Å². The van der Waals surface area contributed by atoms with Gasteiger partial charge in [0.25, 0.3) is 5.69 Å². The zero-order chi connectivity index (χ0) is 12.0. The van der Waals surface area contributed by atoms with Gasteiger partial charge in [-0.05, 0) is 6.26 Å². The minimum atomic E-state index is -0.461. The molecule has 0 saturated carbocycles. The summed E-state index contributed by atoms with van der Waals surface area (Å²) in [6.45, 7) is 0. The Labute approximate surface area is 120 Å². The maximum absolute atomic E-state index is 10.5. The molecule has 0 spiro atoms. The zero-order valence-corrected chi connectivity index (χ0v) is 12.1. The number of nitrogens with zero attached hydrogens (tertiary/aromatic N) is 3. The van der Waals surface area contributed by atoms with Crippen LogP contribution in [-0.4, -0.2) is 22.6 Å². The van der Waals surface area contributed by atoms with Crippen LogP contribution in [0.25, 0.3) is 0 Å². The molecule has 1 aromatic carbocycles. The highest BCUT2D eigenvalue weighted by atomic mass is 127. The molecule has 0 unspecified atom stereocenters. The molecule has 0 atom stereocenters. The first-order valence-corrected chi connectivity index (χ1v) is 5.51. The lowest BCUT2D eigenvalue weighted by molar-refractivity contribution is -0.384. The van der Waals surface area contributed by atoms with Gasteiger partial charge in [-0.1, -0.05) is 23.9 Å². The van der Waals surface area contributed by atoms with Crippen LogP contribution in [0.5, 0.6) is 0 Å². The van der Waals surface area contributed by atoms with Gasteiger partial charge in [-0.2, -0.15) is 5.10 Å². The third kappa shape index (κ3) is 5.63. The van der Waals surface area contributed by atoms with Gasteiger partial charge in [0.1, 0.15) is 0 Å². The van der Waals surface area contributed by atoms with Crippen LogP contribution in [0, 0.1) is 10.1 Å². The van der Waals surface area contributed by atoms with E-state index in [1.165, 1.54) is 30.1 Å². The first-order valence-electron chi connectivity index (χ1n) is 4.28. The highest BCUT2D eigenvalue weighted by Gasteiger charge is 2.03. The normalized spacial score (nSPS) is 11.2. The number of nitrogens with two attached hydrogens (primary N) is 1. The molecule has 0 heterocycles. The summed E-state index contributed by atoms with van der Waals surface area (Å²) in [5, 5.41) is 18.2. The van der Waals surface area contributed by atoms with Gasteiger partial charge in [-0.25, -0.2) is 0 Å². The summed E-state index contributed by atoms with van der Waals surface area (Å²) in [7, 11) is 0. The van der Waals surface area contributed by atoms with Crippen LogP contribution in [-0.2, 0) is 0 Å². The van der Waals surface area contributed by atoms with E-state index in [2.05, 4.69) is 10.2 Å². The fraction of sp³-hybridized carbons (Fsp3) is 0.111. The molecule has 2 N–H and O–H groups in total. The van der Waals surface area contributed by atoms with Crippen LogP contribution in [0.2, 0.25) is 0 Å². The summed E-state index contributed by atoms with van der Waals surface area (Å²) in [5.41, 5.74) is 6.03. The fourth-order valence-electron chi connectivity index (χ4n) is 0.912. The number of non-ortho nitro benzene ring substituents is 1. The maximum Gasteiger partial charge on any atom is 0.270 e. The van der Waals surface area contributed by atoms with Gasteiger partial charge in [-0.3, -0.25) is 10.1 Å². The maximum atomic E-state index is 10.5. The molecule has 17 heavy (non-hydrogen) atoms. The van der Waals surface area contributed by atoms with Crippen LogP contribution >= 0.6 is 35.7 Å². The monoisotopic (exact) mass is 366 g/mol. The number of halogens is 1. The van der Waals surface area contributed by atoms with Crippen LogP contribution in [0.15, 0.2) is 34.5 Å². The Hall–Kier alpha value is -1.16. The zero-order valence-electron chi connectivity index (χ0n) is 8.94. The van der Waals surface area contributed by atoms with Crippen molar-refractivity contribution in [2.75, 3.05) is 6.26 Å². The average Bonchev–Trinajstić information content (AvgIpc) is 2.29. The number of benzene rings is 1. The van der Waals surface area contributed by atoms with E-state index in [1.54, 1.807) is 18.4 Å². The molecule has 1 rings (SSSR count). The van der Waals surface area contributed by atoms with Crippen LogP contribution < -0.4 is 5.73 Å². The van der Waals surface area contributed by atoms with Gasteiger partial charge in [-0.15, -0.1) is 29.1 Å². The van der Waals surface area contributed by atoms with Crippen LogP contribution in [0.3, 0.4) is 0 Å². The Morgan fingerprint density at radius 2 is 2.29 bits per heavy atom. The number of rotatable bonds is 3. The molecule has 0 bridgehead atoms. The van der Waals surface area contributed by atoms with Crippen molar-refractivity contribution in [3.8, 4) is 0 Å². The predicted molar refractivity (Wildman–Crippen MR) is 81.2 cm³/mol. The summed E-state index contributed by atoms with van der Waals surface area (Å²) >= 11 is 1.27.